The van der Waals surface area contributed by atoms with E-state index in [-0.39, 0.29) is 18.4 Å². The highest BCUT2D eigenvalue weighted by Crippen LogP contribution is 2.10. The van der Waals surface area contributed by atoms with Crippen molar-refractivity contribution in [2.24, 2.45) is 0 Å². The summed E-state index contributed by atoms with van der Waals surface area (Å²) in [5.74, 6) is 0.0128. The fourth-order valence-corrected chi connectivity index (χ4v) is 2.25. The number of ether oxygens (including phenoxy) is 1. The van der Waals surface area contributed by atoms with Gasteiger partial charge in [0.2, 0.25) is 5.91 Å². The van der Waals surface area contributed by atoms with E-state index in [2.05, 4.69) is 0 Å². The molecule has 108 valence electrons. The van der Waals surface area contributed by atoms with Crippen molar-refractivity contribution in [2.45, 2.75) is 6.92 Å². The number of hydrogen-bond donors (Lipinski definition) is 0. The van der Waals surface area contributed by atoms with Crippen LogP contribution >= 0.6 is 0 Å². The van der Waals surface area contributed by atoms with Crippen molar-refractivity contribution in [1.82, 2.24) is 9.80 Å². The van der Waals surface area contributed by atoms with E-state index < -0.39 is 0 Å². The zero-order chi connectivity index (χ0) is 14.5. The molecular formula is C15H20N2O3. The van der Waals surface area contributed by atoms with Crippen LogP contribution in [0.2, 0.25) is 0 Å². The van der Waals surface area contributed by atoms with E-state index in [1.807, 2.05) is 31.2 Å². The summed E-state index contributed by atoms with van der Waals surface area (Å²) < 4.78 is 4.84. The minimum absolute atomic E-state index is 0.0186. The van der Waals surface area contributed by atoms with Crippen molar-refractivity contribution in [1.29, 1.82) is 0 Å². The normalized spacial score (nSPS) is 15.3. The van der Waals surface area contributed by atoms with E-state index in [1.165, 1.54) is 7.11 Å². The molecule has 0 radical (unpaired) electrons. The van der Waals surface area contributed by atoms with Crippen LogP contribution in [-0.4, -0.2) is 61.5 Å². The van der Waals surface area contributed by atoms with Crippen molar-refractivity contribution >= 4 is 11.8 Å². The smallest absolute Gasteiger partial charge is 0.253 e. The molecule has 20 heavy (non-hydrogen) atoms. The molecule has 0 saturated carbocycles. The number of hydrogen-bond acceptors (Lipinski definition) is 3. The third-order valence-corrected chi connectivity index (χ3v) is 3.49. The average Bonchev–Trinajstić information content (AvgIpc) is 2.48. The number of carbonyl (C=O) groups is 2. The van der Waals surface area contributed by atoms with Gasteiger partial charge in [-0.3, -0.25) is 9.59 Å². The van der Waals surface area contributed by atoms with E-state index in [0.717, 1.165) is 5.56 Å². The van der Waals surface area contributed by atoms with Gasteiger partial charge in [-0.2, -0.15) is 0 Å². The lowest BCUT2D eigenvalue weighted by atomic mass is 10.1. The summed E-state index contributed by atoms with van der Waals surface area (Å²) in [6.07, 6.45) is 0. The molecule has 0 N–H and O–H groups in total. The molecule has 0 spiro atoms. The number of benzene rings is 1. The lowest BCUT2D eigenvalue weighted by Gasteiger charge is -2.34. The first-order valence-electron chi connectivity index (χ1n) is 6.74. The predicted molar refractivity (Wildman–Crippen MR) is 75.5 cm³/mol. The summed E-state index contributed by atoms with van der Waals surface area (Å²) in [6, 6.07) is 7.57. The van der Waals surface area contributed by atoms with Crippen LogP contribution in [0.5, 0.6) is 0 Å². The highest BCUT2D eigenvalue weighted by atomic mass is 16.5. The Labute approximate surface area is 119 Å². The Kier molecular flexibility index (Phi) is 4.74. The molecule has 1 aromatic rings. The number of nitrogens with zero attached hydrogens (tertiary/aromatic N) is 2. The maximum atomic E-state index is 12.3. The fraction of sp³-hybridized carbons (Fsp3) is 0.467. The van der Waals surface area contributed by atoms with E-state index >= 15 is 0 Å². The highest BCUT2D eigenvalue weighted by molar-refractivity contribution is 5.94. The highest BCUT2D eigenvalue weighted by Gasteiger charge is 2.24. The first kappa shape index (κ1) is 14.5. The number of aryl methyl sites for hydroxylation is 1. The monoisotopic (exact) mass is 276 g/mol. The van der Waals surface area contributed by atoms with Crippen LogP contribution in [0, 0.1) is 6.92 Å². The fourth-order valence-electron chi connectivity index (χ4n) is 2.25. The van der Waals surface area contributed by atoms with Gasteiger partial charge in [-0.25, -0.2) is 0 Å². The Morgan fingerprint density at radius 2 is 1.60 bits per heavy atom. The Hall–Kier alpha value is -1.88. The molecule has 1 aliphatic rings. The average molecular weight is 276 g/mol. The number of amides is 2. The lowest BCUT2D eigenvalue weighted by molar-refractivity contribution is -0.136. The molecular weight excluding hydrogens is 256 g/mol. The van der Waals surface area contributed by atoms with Crippen LogP contribution in [0.3, 0.4) is 0 Å². The van der Waals surface area contributed by atoms with Gasteiger partial charge in [0, 0.05) is 38.9 Å². The van der Waals surface area contributed by atoms with Crippen LogP contribution in [0.15, 0.2) is 24.3 Å². The zero-order valence-corrected chi connectivity index (χ0v) is 12.0. The molecule has 5 nitrogen and oxygen atoms in total. The quantitative estimate of drug-likeness (QED) is 0.825. The molecule has 0 bridgehead atoms. The molecule has 2 amide bonds. The van der Waals surface area contributed by atoms with Gasteiger partial charge in [-0.1, -0.05) is 17.7 Å². The molecule has 0 unspecified atom stereocenters. The van der Waals surface area contributed by atoms with E-state index in [1.54, 1.807) is 9.80 Å². The van der Waals surface area contributed by atoms with Crippen molar-refractivity contribution < 1.29 is 14.3 Å². The summed E-state index contributed by atoms with van der Waals surface area (Å²) in [4.78, 5) is 27.5. The Morgan fingerprint density at radius 1 is 1.05 bits per heavy atom. The topological polar surface area (TPSA) is 49.9 Å². The van der Waals surface area contributed by atoms with Crippen molar-refractivity contribution in [2.75, 3.05) is 39.9 Å². The van der Waals surface area contributed by atoms with E-state index in [9.17, 15) is 9.59 Å². The number of rotatable bonds is 3. The SMILES string of the molecule is COCC(=O)N1CCN(C(=O)c2ccc(C)cc2)CC1. The van der Waals surface area contributed by atoms with Gasteiger partial charge in [0.15, 0.2) is 0 Å². The third-order valence-electron chi connectivity index (χ3n) is 3.49. The lowest BCUT2D eigenvalue weighted by Crippen LogP contribution is -2.51. The van der Waals surface area contributed by atoms with Gasteiger partial charge in [0.25, 0.3) is 5.91 Å². The number of methoxy groups -OCH3 is 1. The van der Waals surface area contributed by atoms with Crippen molar-refractivity contribution in [3.8, 4) is 0 Å². The van der Waals surface area contributed by atoms with Crippen molar-refractivity contribution in [3.63, 3.8) is 0 Å². The summed E-state index contributed by atoms with van der Waals surface area (Å²) in [5, 5.41) is 0. The molecule has 1 aromatic carbocycles. The molecule has 2 rings (SSSR count). The summed E-state index contributed by atoms with van der Waals surface area (Å²) >= 11 is 0. The van der Waals surface area contributed by atoms with Crippen LogP contribution < -0.4 is 0 Å². The maximum Gasteiger partial charge on any atom is 0.253 e. The Morgan fingerprint density at radius 3 is 2.15 bits per heavy atom. The molecule has 1 aliphatic heterocycles. The van der Waals surface area contributed by atoms with E-state index in [0.29, 0.717) is 31.7 Å². The standard InChI is InChI=1S/C15H20N2O3/c1-12-3-5-13(6-4-12)15(19)17-9-7-16(8-10-17)14(18)11-20-2/h3-6H,7-11H2,1-2H3. The van der Waals surface area contributed by atoms with Crippen LogP contribution in [0.4, 0.5) is 0 Å². The minimum atomic E-state index is -0.0186. The summed E-state index contributed by atoms with van der Waals surface area (Å²) in [6.45, 7) is 4.38. The molecule has 1 saturated heterocycles. The maximum absolute atomic E-state index is 12.3. The number of piperazine rings is 1. The molecule has 0 aromatic heterocycles. The molecule has 0 atom stereocenters. The van der Waals surface area contributed by atoms with Gasteiger partial charge in [0.1, 0.15) is 6.61 Å². The summed E-state index contributed by atoms with van der Waals surface area (Å²) in [5.41, 5.74) is 1.84. The second-order valence-corrected chi connectivity index (χ2v) is 4.97. The molecule has 0 aliphatic carbocycles. The van der Waals surface area contributed by atoms with Crippen LogP contribution in [0.1, 0.15) is 15.9 Å². The number of carbonyl (C=O) groups excluding carboxylic acids is 2. The first-order chi connectivity index (χ1) is 9.61. The third kappa shape index (κ3) is 3.36. The van der Waals surface area contributed by atoms with Crippen LogP contribution in [0.25, 0.3) is 0 Å². The largest absolute Gasteiger partial charge is 0.375 e. The van der Waals surface area contributed by atoms with Gasteiger partial charge in [0.05, 0.1) is 0 Å². The second-order valence-electron chi connectivity index (χ2n) is 4.97. The first-order valence-corrected chi connectivity index (χ1v) is 6.74. The van der Waals surface area contributed by atoms with Gasteiger partial charge in [-0.05, 0) is 19.1 Å². The molecule has 1 fully saturated rings. The zero-order valence-electron chi connectivity index (χ0n) is 12.0. The summed E-state index contributed by atoms with van der Waals surface area (Å²) in [7, 11) is 1.51. The molecule has 1 heterocycles. The Balaban J connectivity index is 1.92. The van der Waals surface area contributed by atoms with Crippen molar-refractivity contribution in [3.05, 3.63) is 35.4 Å². The minimum Gasteiger partial charge on any atom is -0.375 e. The molecule has 5 heteroatoms. The predicted octanol–water partition coefficient (Wildman–Crippen LogP) is 0.926. The van der Waals surface area contributed by atoms with E-state index in [4.69, 9.17) is 4.74 Å². The van der Waals surface area contributed by atoms with Gasteiger partial charge >= 0.3 is 0 Å². The van der Waals surface area contributed by atoms with Gasteiger partial charge < -0.3 is 14.5 Å². The second kappa shape index (κ2) is 6.52. The van der Waals surface area contributed by atoms with Gasteiger partial charge in [-0.15, -0.1) is 0 Å². The Bertz CT molecular complexity index is 476. The van der Waals surface area contributed by atoms with Crippen LogP contribution in [-0.2, 0) is 9.53 Å².